The van der Waals surface area contributed by atoms with Gasteiger partial charge in [-0.15, -0.1) is 0 Å². The van der Waals surface area contributed by atoms with Crippen molar-refractivity contribution in [2.75, 3.05) is 17.6 Å². The highest BCUT2D eigenvalue weighted by Gasteiger charge is 2.34. The molecule has 4 N–H and O–H groups in total. The van der Waals surface area contributed by atoms with Crippen LogP contribution < -0.4 is 11.1 Å². The Morgan fingerprint density at radius 1 is 1.24 bits per heavy atom. The molecule has 1 fully saturated rings. The van der Waals surface area contributed by atoms with Crippen LogP contribution in [0.2, 0.25) is 0 Å². The quantitative estimate of drug-likeness (QED) is 0.580. The number of H-pyrrole nitrogens is 1. The van der Waals surface area contributed by atoms with Gasteiger partial charge in [-0.1, -0.05) is 13.0 Å². The number of hydrogen-bond donors (Lipinski definition) is 3. The molecule has 4 rings (SSSR count). The first-order valence-electron chi connectivity index (χ1n) is 9.69. The summed E-state index contributed by atoms with van der Waals surface area (Å²) in [4.78, 5) is 38.8. The number of nitrogens with zero attached hydrogens (tertiary/aromatic N) is 3. The van der Waals surface area contributed by atoms with Gasteiger partial charge in [-0.05, 0) is 55.0 Å². The van der Waals surface area contributed by atoms with Crippen molar-refractivity contribution >= 4 is 34.4 Å². The summed E-state index contributed by atoms with van der Waals surface area (Å²) in [6, 6.07) is 7.48. The topological polar surface area (TPSA) is 117 Å². The maximum absolute atomic E-state index is 13.0. The summed E-state index contributed by atoms with van der Waals surface area (Å²) in [5.74, 6) is -0.480. The van der Waals surface area contributed by atoms with E-state index in [1.165, 1.54) is 6.20 Å². The number of pyridine rings is 1. The molecule has 29 heavy (non-hydrogen) atoms. The maximum Gasteiger partial charge on any atom is 0.313 e. The third kappa shape index (κ3) is 3.78. The molecule has 1 saturated heterocycles. The number of fused-ring (bicyclic) bond motifs is 1. The lowest BCUT2D eigenvalue weighted by molar-refractivity contribution is -0.146. The summed E-state index contributed by atoms with van der Waals surface area (Å²) in [5.41, 5.74) is 9.71. The van der Waals surface area contributed by atoms with E-state index in [1.807, 2.05) is 18.2 Å². The van der Waals surface area contributed by atoms with Crippen LogP contribution in [0.25, 0.3) is 11.0 Å². The second kappa shape index (κ2) is 7.54. The largest absolute Gasteiger partial charge is 0.383 e. The fourth-order valence-electron chi connectivity index (χ4n) is 3.85. The molecule has 0 bridgehead atoms. The number of rotatable bonds is 2. The number of nitrogens with two attached hydrogens (primary N) is 1. The summed E-state index contributed by atoms with van der Waals surface area (Å²) in [7, 11) is 0. The van der Waals surface area contributed by atoms with Crippen molar-refractivity contribution in [2.24, 2.45) is 5.92 Å². The van der Waals surface area contributed by atoms with Crippen LogP contribution in [0.1, 0.15) is 36.9 Å². The number of aromatic nitrogens is 3. The fourth-order valence-corrected chi connectivity index (χ4v) is 3.85. The molecule has 2 unspecified atom stereocenters. The number of aromatic amines is 1. The summed E-state index contributed by atoms with van der Waals surface area (Å²) in [6.45, 7) is 4.43. The molecular formula is C21H24N6O2. The first-order chi connectivity index (χ1) is 13.9. The van der Waals surface area contributed by atoms with Gasteiger partial charge < -0.3 is 20.9 Å². The van der Waals surface area contributed by atoms with Crippen LogP contribution in [0.5, 0.6) is 0 Å². The second-order valence-electron chi connectivity index (χ2n) is 7.72. The first-order valence-corrected chi connectivity index (χ1v) is 9.69. The van der Waals surface area contributed by atoms with E-state index < -0.39 is 11.8 Å². The number of imidazole rings is 1. The molecule has 3 aromatic rings. The van der Waals surface area contributed by atoms with Crippen molar-refractivity contribution in [1.82, 2.24) is 19.9 Å². The van der Waals surface area contributed by atoms with Gasteiger partial charge in [-0.2, -0.15) is 0 Å². The zero-order chi connectivity index (χ0) is 20.5. The van der Waals surface area contributed by atoms with Crippen LogP contribution >= 0.6 is 0 Å². The third-order valence-corrected chi connectivity index (χ3v) is 5.48. The van der Waals surface area contributed by atoms with Crippen molar-refractivity contribution in [3.63, 3.8) is 0 Å². The number of hydrogen-bond acceptors (Lipinski definition) is 5. The lowest BCUT2D eigenvalue weighted by atomic mass is 9.89. The molecule has 0 saturated carbocycles. The number of nitrogen functional groups attached to an aromatic ring is 1. The van der Waals surface area contributed by atoms with Crippen molar-refractivity contribution in [2.45, 2.75) is 32.7 Å². The van der Waals surface area contributed by atoms with Gasteiger partial charge in [0.25, 0.3) is 0 Å². The molecule has 0 aliphatic carbocycles. The zero-order valence-corrected chi connectivity index (χ0v) is 16.5. The third-order valence-electron chi connectivity index (χ3n) is 5.48. The number of likely N-dealkylation sites (tertiary alicyclic amines) is 1. The smallest absolute Gasteiger partial charge is 0.313 e. The number of anilines is 2. The minimum Gasteiger partial charge on any atom is -0.383 e. The summed E-state index contributed by atoms with van der Waals surface area (Å²) in [5, 5.41) is 2.66. The van der Waals surface area contributed by atoms with E-state index in [1.54, 1.807) is 24.2 Å². The Bertz CT molecular complexity index is 1080. The van der Waals surface area contributed by atoms with Crippen molar-refractivity contribution < 1.29 is 9.59 Å². The lowest BCUT2D eigenvalue weighted by Crippen LogP contribution is -2.46. The van der Waals surface area contributed by atoms with Gasteiger partial charge in [0.1, 0.15) is 5.82 Å². The van der Waals surface area contributed by atoms with E-state index in [0.717, 1.165) is 35.0 Å². The van der Waals surface area contributed by atoms with Gasteiger partial charge in [-0.3, -0.25) is 9.59 Å². The standard InChI is InChI=1S/C21H24N6O2/c1-12-3-6-18(14-4-5-16-17(8-14)25-11-24-16)27(10-12)21(29)20(28)26-15-7-13(2)19(22)23-9-15/h4-5,7-9,11-12,18H,3,6,10H2,1-2H3,(H2,22,23)(H,24,25)(H,26,28). The van der Waals surface area contributed by atoms with Gasteiger partial charge in [0.15, 0.2) is 0 Å². The highest BCUT2D eigenvalue weighted by Crippen LogP contribution is 2.34. The minimum absolute atomic E-state index is 0.150. The molecule has 1 aromatic carbocycles. The highest BCUT2D eigenvalue weighted by atomic mass is 16.2. The zero-order valence-electron chi connectivity index (χ0n) is 16.5. The SMILES string of the molecule is Cc1cc(NC(=O)C(=O)N2CC(C)CCC2c2ccc3nc[nH]c3c2)cnc1N. The Hall–Kier alpha value is -3.42. The number of benzene rings is 1. The van der Waals surface area contributed by atoms with Crippen LogP contribution in [0.15, 0.2) is 36.8 Å². The molecule has 2 atom stereocenters. The average molecular weight is 392 g/mol. The number of carbonyl (C=O) groups is 2. The van der Waals surface area contributed by atoms with Crippen LogP contribution in [-0.4, -0.2) is 38.2 Å². The van der Waals surface area contributed by atoms with E-state index >= 15 is 0 Å². The average Bonchev–Trinajstić information content (AvgIpc) is 3.18. The van der Waals surface area contributed by atoms with Crippen molar-refractivity contribution in [1.29, 1.82) is 0 Å². The number of carbonyl (C=O) groups excluding carboxylic acids is 2. The molecule has 0 spiro atoms. The van der Waals surface area contributed by atoms with Gasteiger partial charge in [0.2, 0.25) is 0 Å². The van der Waals surface area contributed by atoms with Crippen LogP contribution in [0.4, 0.5) is 11.5 Å². The van der Waals surface area contributed by atoms with Gasteiger partial charge in [-0.25, -0.2) is 9.97 Å². The molecule has 2 aromatic heterocycles. The Labute approximate surface area is 168 Å². The fraction of sp³-hybridized carbons (Fsp3) is 0.333. The molecular weight excluding hydrogens is 368 g/mol. The molecule has 2 amide bonds. The van der Waals surface area contributed by atoms with E-state index in [2.05, 4.69) is 27.2 Å². The van der Waals surface area contributed by atoms with Gasteiger partial charge in [0, 0.05) is 6.54 Å². The van der Waals surface area contributed by atoms with Crippen molar-refractivity contribution in [3.8, 4) is 0 Å². The predicted octanol–water partition coefficient (Wildman–Crippen LogP) is 2.79. The summed E-state index contributed by atoms with van der Waals surface area (Å²) >= 11 is 0. The molecule has 0 radical (unpaired) electrons. The Morgan fingerprint density at radius 3 is 2.86 bits per heavy atom. The predicted molar refractivity (Wildman–Crippen MR) is 111 cm³/mol. The molecule has 1 aliphatic rings. The van der Waals surface area contributed by atoms with E-state index in [-0.39, 0.29) is 6.04 Å². The molecule has 1 aliphatic heterocycles. The first kappa shape index (κ1) is 18.9. The Kier molecular flexibility index (Phi) is 4.92. The molecule has 8 nitrogen and oxygen atoms in total. The Balaban J connectivity index is 1.57. The monoisotopic (exact) mass is 392 g/mol. The Morgan fingerprint density at radius 2 is 2.07 bits per heavy atom. The minimum atomic E-state index is -0.669. The van der Waals surface area contributed by atoms with Crippen LogP contribution in [0, 0.1) is 12.8 Å². The maximum atomic E-state index is 13.0. The van der Waals surface area contributed by atoms with Gasteiger partial charge >= 0.3 is 11.8 Å². The molecule has 3 heterocycles. The molecule has 150 valence electrons. The normalized spacial score (nSPS) is 19.3. The second-order valence-corrected chi connectivity index (χ2v) is 7.72. The summed E-state index contributed by atoms with van der Waals surface area (Å²) in [6.07, 6.45) is 4.91. The lowest BCUT2D eigenvalue weighted by Gasteiger charge is -2.38. The van der Waals surface area contributed by atoms with Gasteiger partial charge in [0.05, 0.1) is 35.3 Å². The van der Waals surface area contributed by atoms with Crippen LogP contribution in [-0.2, 0) is 9.59 Å². The van der Waals surface area contributed by atoms with E-state index in [9.17, 15) is 9.59 Å². The number of amides is 2. The number of piperidine rings is 1. The van der Waals surface area contributed by atoms with Crippen molar-refractivity contribution in [3.05, 3.63) is 47.9 Å². The number of aryl methyl sites for hydroxylation is 1. The molecule has 8 heteroatoms. The highest BCUT2D eigenvalue weighted by molar-refractivity contribution is 6.39. The summed E-state index contributed by atoms with van der Waals surface area (Å²) < 4.78 is 0. The van der Waals surface area contributed by atoms with E-state index in [4.69, 9.17) is 5.73 Å². The van der Waals surface area contributed by atoms with Crippen LogP contribution in [0.3, 0.4) is 0 Å². The number of nitrogens with one attached hydrogen (secondary N) is 2. The van der Waals surface area contributed by atoms with E-state index in [0.29, 0.717) is 24.0 Å².